The average Bonchev–Trinajstić information content (AvgIpc) is 2.92. The standard InChI is InChI=1S/C11H14N6O3/c1-3-12-7-11-13-14-15-16(11)9-5-4-8(17(18)19)6-10(9)20-2/h4-6,12H,3,7H2,1-2H3. The van der Waals surface area contributed by atoms with Crippen molar-refractivity contribution in [1.29, 1.82) is 0 Å². The molecule has 9 heteroatoms. The third-order valence-corrected chi connectivity index (χ3v) is 2.67. The lowest BCUT2D eigenvalue weighted by Crippen LogP contribution is -2.16. The van der Waals surface area contributed by atoms with Crippen molar-refractivity contribution in [3.05, 3.63) is 34.1 Å². The molecule has 1 heterocycles. The van der Waals surface area contributed by atoms with Crippen molar-refractivity contribution in [2.45, 2.75) is 13.5 Å². The molecule has 0 atom stereocenters. The zero-order valence-electron chi connectivity index (χ0n) is 11.1. The second-order valence-electron chi connectivity index (χ2n) is 3.90. The molecule has 2 rings (SSSR count). The van der Waals surface area contributed by atoms with Crippen LogP contribution in [0.3, 0.4) is 0 Å². The van der Waals surface area contributed by atoms with Crippen molar-refractivity contribution in [1.82, 2.24) is 25.5 Å². The number of non-ortho nitro benzene ring substituents is 1. The molecule has 1 N–H and O–H groups in total. The highest BCUT2D eigenvalue weighted by Gasteiger charge is 2.16. The molecule has 0 aliphatic heterocycles. The number of rotatable bonds is 6. The Kier molecular flexibility index (Phi) is 4.20. The molecule has 1 aromatic heterocycles. The van der Waals surface area contributed by atoms with Crippen LogP contribution in [0.4, 0.5) is 5.69 Å². The molecule has 0 spiro atoms. The van der Waals surface area contributed by atoms with Crippen LogP contribution in [-0.2, 0) is 6.54 Å². The van der Waals surface area contributed by atoms with E-state index in [0.29, 0.717) is 23.8 Å². The zero-order chi connectivity index (χ0) is 14.5. The number of hydrogen-bond acceptors (Lipinski definition) is 7. The minimum atomic E-state index is -0.481. The molecule has 1 aromatic carbocycles. The second kappa shape index (κ2) is 6.06. The van der Waals surface area contributed by atoms with Gasteiger partial charge in [0.05, 0.1) is 24.6 Å². The van der Waals surface area contributed by atoms with Crippen LogP contribution in [-0.4, -0.2) is 38.8 Å². The Morgan fingerprint density at radius 1 is 1.50 bits per heavy atom. The first-order chi connectivity index (χ1) is 9.67. The molecule has 9 nitrogen and oxygen atoms in total. The van der Waals surface area contributed by atoms with Crippen molar-refractivity contribution in [2.75, 3.05) is 13.7 Å². The van der Waals surface area contributed by atoms with Crippen molar-refractivity contribution >= 4 is 5.69 Å². The quantitative estimate of drug-likeness (QED) is 0.611. The summed E-state index contributed by atoms with van der Waals surface area (Å²) in [6.07, 6.45) is 0. The number of nitro benzene ring substituents is 1. The van der Waals surface area contributed by atoms with Crippen LogP contribution in [0, 0.1) is 10.1 Å². The van der Waals surface area contributed by atoms with Crippen LogP contribution in [0.15, 0.2) is 18.2 Å². The average molecular weight is 278 g/mol. The highest BCUT2D eigenvalue weighted by Crippen LogP contribution is 2.27. The highest BCUT2D eigenvalue weighted by atomic mass is 16.6. The molecule has 0 aliphatic carbocycles. The smallest absolute Gasteiger partial charge is 0.273 e. The molecule has 106 valence electrons. The van der Waals surface area contributed by atoms with Gasteiger partial charge in [-0.15, -0.1) is 5.10 Å². The van der Waals surface area contributed by atoms with E-state index in [-0.39, 0.29) is 5.69 Å². The molecule has 0 unspecified atom stereocenters. The summed E-state index contributed by atoms with van der Waals surface area (Å²) in [5.74, 6) is 0.934. The number of hydrogen-bond donors (Lipinski definition) is 1. The molecule has 0 saturated heterocycles. The van der Waals surface area contributed by atoms with Crippen LogP contribution in [0.5, 0.6) is 5.75 Å². The number of nitrogens with one attached hydrogen (secondary N) is 1. The minimum absolute atomic E-state index is 0.0492. The molecule has 0 amide bonds. The van der Waals surface area contributed by atoms with E-state index in [1.165, 1.54) is 23.9 Å². The number of tetrazole rings is 1. The van der Waals surface area contributed by atoms with E-state index in [2.05, 4.69) is 20.8 Å². The first kappa shape index (κ1) is 13.9. The predicted octanol–water partition coefficient (Wildman–Crippen LogP) is 0.689. The largest absolute Gasteiger partial charge is 0.494 e. The molecular formula is C11H14N6O3. The number of methoxy groups -OCH3 is 1. The SMILES string of the molecule is CCNCc1nnnn1-c1ccc([N+](=O)[O-])cc1OC. The minimum Gasteiger partial charge on any atom is -0.494 e. The number of ether oxygens (including phenoxy) is 1. The van der Waals surface area contributed by atoms with Gasteiger partial charge in [0.1, 0.15) is 5.69 Å². The Labute approximate surface area is 114 Å². The summed E-state index contributed by atoms with van der Waals surface area (Å²) >= 11 is 0. The summed E-state index contributed by atoms with van der Waals surface area (Å²) in [6.45, 7) is 3.24. The molecule has 2 aromatic rings. The van der Waals surface area contributed by atoms with E-state index < -0.39 is 4.92 Å². The maximum atomic E-state index is 10.8. The molecule has 20 heavy (non-hydrogen) atoms. The summed E-state index contributed by atoms with van der Waals surface area (Å²) in [5.41, 5.74) is 0.503. The summed E-state index contributed by atoms with van der Waals surface area (Å²) in [5, 5.41) is 25.3. The van der Waals surface area contributed by atoms with Crippen molar-refractivity contribution in [3.63, 3.8) is 0 Å². The summed E-state index contributed by atoms with van der Waals surface area (Å²) in [7, 11) is 1.44. The maximum Gasteiger partial charge on any atom is 0.273 e. The number of nitro groups is 1. The predicted molar refractivity (Wildman–Crippen MR) is 69.7 cm³/mol. The maximum absolute atomic E-state index is 10.8. The first-order valence-corrected chi connectivity index (χ1v) is 5.98. The lowest BCUT2D eigenvalue weighted by molar-refractivity contribution is -0.384. The van der Waals surface area contributed by atoms with Crippen LogP contribution in [0.2, 0.25) is 0 Å². The van der Waals surface area contributed by atoms with Gasteiger partial charge < -0.3 is 10.1 Å². The Morgan fingerprint density at radius 2 is 2.30 bits per heavy atom. The van der Waals surface area contributed by atoms with Gasteiger partial charge in [0.2, 0.25) is 0 Å². The van der Waals surface area contributed by atoms with Gasteiger partial charge in [-0.05, 0) is 23.0 Å². The monoisotopic (exact) mass is 278 g/mol. The fourth-order valence-electron chi connectivity index (χ4n) is 1.69. The topological polar surface area (TPSA) is 108 Å². The highest BCUT2D eigenvalue weighted by molar-refractivity contribution is 5.52. The van der Waals surface area contributed by atoms with E-state index in [1.54, 1.807) is 6.07 Å². The third-order valence-electron chi connectivity index (χ3n) is 2.67. The van der Waals surface area contributed by atoms with Gasteiger partial charge in [-0.2, -0.15) is 4.68 Å². The van der Waals surface area contributed by atoms with Gasteiger partial charge in [-0.25, -0.2) is 0 Å². The van der Waals surface area contributed by atoms with Gasteiger partial charge in [-0.3, -0.25) is 10.1 Å². The van der Waals surface area contributed by atoms with E-state index in [1.807, 2.05) is 6.92 Å². The van der Waals surface area contributed by atoms with E-state index >= 15 is 0 Å². The number of aromatic nitrogens is 4. The molecular weight excluding hydrogens is 264 g/mol. The van der Waals surface area contributed by atoms with Gasteiger partial charge in [0.25, 0.3) is 5.69 Å². The van der Waals surface area contributed by atoms with Crippen LogP contribution >= 0.6 is 0 Å². The lowest BCUT2D eigenvalue weighted by Gasteiger charge is -2.09. The van der Waals surface area contributed by atoms with Gasteiger partial charge in [0, 0.05) is 6.07 Å². The van der Waals surface area contributed by atoms with Gasteiger partial charge in [0.15, 0.2) is 11.6 Å². The molecule has 0 bridgehead atoms. The van der Waals surface area contributed by atoms with Gasteiger partial charge in [-0.1, -0.05) is 6.92 Å². The zero-order valence-corrected chi connectivity index (χ0v) is 11.1. The fourth-order valence-corrected chi connectivity index (χ4v) is 1.69. The normalized spacial score (nSPS) is 10.5. The molecule has 0 radical (unpaired) electrons. The first-order valence-electron chi connectivity index (χ1n) is 5.98. The number of nitrogens with zero attached hydrogens (tertiary/aromatic N) is 5. The van der Waals surface area contributed by atoms with E-state index in [0.717, 1.165) is 6.54 Å². The van der Waals surface area contributed by atoms with Crippen molar-refractivity contribution in [2.24, 2.45) is 0 Å². The Balaban J connectivity index is 2.42. The van der Waals surface area contributed by atoms with Crippen LogP contribution < -0.4 is 10.1 Å². The lowest BCUT2D eigenvalue weighted by atomic mass is 10.2. The fraction of sp³-hybridized carbons (Fsp3) is 0.364. The Bertz CT molecular complexity index is 612. The third kappa shape index (κ3) is 2.72. The van der Waals surface area contributed by atoms with E-state index in [9.17, 15) is 10.1 Å². The summed E-state index contributed by atoms with van der Waals surface area (Å²) in [4.78, 5) is 10.3. The van der Waals surface area contributed by atoms with Crippen LogP contribution in [0.1, 0.15) is 12.7 Å². The molecule has 0 aliphatic rings. The molecule has 0 fully saturated rings. The van der Waals surface area contributed by atoms with Crippen LogP contribution in [0.25, 0.3) is 5.69 Å². The Hall–Kier alpha value is -2.55. The Morgan fingerprint density at radius 3 is 2.95 bits per heavy atom. The van der Waals surface area contributed by atoms with E-state index in [4.69, 9.17) is 4.74 Å². The molecule has 0 saturated carbocycles. The number of benzene rings is 1. The summed E-state index contributed by atoms with van der Waals surface area (Å²) in [6, 6.07) is 4.29. The summed E-state index contributed by atoms with van der Waals surface area (Å²) < 4.78 is 6.67. The van der Waals surface area contributed by atoms with Crippen molar-refractivity contribution < 1.29 is 9.66 Å². The van der Waals surface area contributed by atoms with Gasteiger partial charge >= 0.3 is 0 Å². The second-order valence-corrected chi connectivity index (χ2v) is 3.90. The van der Waals surface area contributed by atoms with Crippen molar-refractivity contribution in [3.8, 4) is 11.4 Å².